The largest absolute Gasteiger partial charge is 0.481 e. The molecule has 0 aliphatic heterocycles. The van der Waals surface area contributed by atoms with Gasteiger partial charge in [-0.1, -0.05) is 74.5 Å². The van der Waals surface area contributed by atoms with Gasteiger partial charge in [-0.2, -0.15) is 0 Å². The highest BCUT2D eigenvalue weighted by Gasteiger charge is 2.36. The number of carboxylic acids is 1. The van der Waals surface area contributed by atoms with E-state index in [1.54, 1.807) is 0 Å². The van der Waals surface area contributed by atoms with E-state index in [2.05, 4.69) is 0 Å². The number of hydrogen-bond acceptors (Lipinski definition) is 4. The number of esters is 1. The molecule has 0 spiro atoms. The van der Waals surface area contributed by atoms with Crippen LogP contribution in [0, 0.1) is 11.8 Å². The van der Waals surface area contributed by atoms with E-state index in [1.807, 2.05) is 74.5 Å². The maximum Gasteiger partial charge on any atom is 0.336 e. The molecule has 1 N–H and O–H groups in total. The van der Waals surface area contributed by atoms with Crippen LogP contribution in [0.2, 0.25) is 0 Å². The summed E-state index contributed by atoms with van der Waals surface area (Å²) in [6.07, 6.45) is -0.830. The van der Waals surface area contributed by atoms with Crippen LogP contribution < -0.4 is 0 Å². The van der Waals surface area contributed by atoms with Gasteiger partial charge in [0.1, 0.15) is 6.61 Å². The Balaban J connectivity index is 2.10. The zero-order chi connectivity index (χ0) is 19.6. The summed E-state index contributed by atoms with van der Waals surface area (Å²) in [6.45, 7) is 4.06. The zero-order valence-corrected chi connectivity index (χ0v) is 15.7. The fourth-order valence-electron chi connectivity index (χ4n) is 2.78. The smallest absolute Gasteiger partial charge is 0.336 e. The molecule has 2 aromatic rings. The third kappa shape index (κ3) is 6.87. The SMILES string of the molecule is CC(C)C[C@@H](C(=O)O)C(OCc1ccccc1)C(=O)OCc1ccccc1. The number of hydrogen-bond donors (Lipinski definition) is 1. The molecule has 2 rings (SSSR count). The van der Waals surface area contributed by atoms with Gasteiger partial charge in [-0.25, -0.2) is 4.79 Å². The van der Waals surface area contributed by atoms with Gasteiger partial charge in [0.05, 0.1) is 12.5 Å². The lowest BCUT2D eigenvalue weighted by molar-refractivity contribution is -0.171. The topological polar surface area (TPSA) is 72.8 Å². The standard InChI is InChI=1S/C22H26O5/c1-16(2)13-19(21(23)24)20(26-14-17-9-5-3-6-10-17)22(25)27-15-18-11-7-4-8-12-18/h3-12,16,19-20H,13-15H2,1-2H3,(H,23,24)/t19-,20?/m1/s1. The maximum atomic E-state index is 12.7. The van der Waals surface area contributed by atoms with Gasteiger partial charge in [-0.15, -0.1) is 0 Å². The maximum absolute atomic E-state index is 12.7. The molecule has 27 heavy (non-hydrogen) atoms. The number of carbonyl (C=O) groups excluding carboxylic acids is 1. The van der Waals surface area contributed by atoms with Crippen LogP contribution in [0.25, 0.3) is 0 Å². The van der Waals surface area contributed by atoms with E-state index in [-0.39, 0.29) is 19.1 Å². The Morgan fingerprint density at radius 3 is 1.89 bits per heavy atom. The number of carboxylic acid groups (broad SMARTS) is 1. The second-order valence-electron chi connectivity index (χ2n) is 6.88. The minimum Gasteiger partial charge on any atom is -0.481 e. The molecule has 0 saturated heterocycles. The van der Waals surface area contributed by atoms with E-state index in [0.29, 0.717) is 6.42 Å². The fourth-order valence-corrected chi connectivity index (χ4v) is 2.78. The summed E-state index contributed by atoms with van der Waals surface area (Å²) in [4.78, 5) is 24.4. The average molecular weight is 370 g/mol. The summed E-state index contributed by atoms with van der Waals surface area (Å²) in [5.74, 6) is -2.56. The van der Waals surface area contributed by atoms with Crippen molar-refractivity contribution in [2.24, 2.45) is 11.8 Å². The molecule has 1 unspecified atom stereocenters. The summed E-state index contributed by atoms with van der Waals surface area (Å²) in [6, 6.07) is 18.6. The van der Waals surface area contributed by atoms with Crippen LogP contribution >= 0.6 is 0 Å². The second kappa shape index (κ2) is 10.5. The molecule has 0 amide bonds. The van der Waals surface area contributed by atoms with Crippen LogP contribution in [0.15, 0.2) is 60.7 Å². The number of carbonyl (C=O) groups is 2. The Bertz CT molecular complexity index is 712. The molecule has 2 atom stereocenters. The van der Waals surface area contributed by atoms with Crippen molar-refractivity contribution in [1.82, 2.24) is 0 Å². The predicted molar refractivity (Wildman–Crippen MR) is 102 cm³/mol. The van der Waals surface area contributed by atoms with Gasteiger partial charge in [0.2, 0.25) is 0 Å². The van der Waals surface area contributed by atoms with E-state index in [1.165, 1.54) is 0 Å². The van der Waals surface area contributed by atoms with Crippen molar-refractivity contribution >= 4 is 11.9 Å². The van der Waals surface area contributed by atoms with E-state index >= 15 is 0 Å². The molecule has 0 aliphatic carbocycles. The molecule has 0 aliphatic rings. The summed E-state index contributed by atoms with van der Waals surface area (Å²) < 4.78 is 11.1. The second-order valence-corrected chi connectivity index (χ2v) is 6.88. The Hall–Kier alpha value is -2.66. The fraction of sp³-hybridized carbons (Fsp3) is 0.364. The monoisotopic (exact) mass is 370 g/mol. The van der Waals surface area contributed by atoms with Crippen LogP contribution in [0.3, 0.4) is 0 Å². The molecular formula is C22H26O5. The first-order valence-electron chi connectivity index (χ1n) is 9.06. The van der Waals surface area contributed by atoms with Crippen LogP contribution in [-0.2, 0) is 32.3 Å². The van der Waals surface area contributed by atoms with Crippen molar-refractivity contribution in [3.63, 3.8) is 0 Å². The Kier molecular flexibility index (Phi) is 8.01. The van der Waals surface area contributed by atoms with E-state index in [9.17, 15) is 14.7 Å². The highest BCUT2D eigenvalue weighted by atomic mass is 16.6. The number of aliphatic carboxylic acids is 1. The van der Waals surface area contributed by atoms with E-state index < -0.39 is 24.0 Å². The van der Waals surface area contributed by atoms with Gasteiger partial charge in [-0.3, -0.25) is 4.79 Å². The first kappa shape index (κ1) is 20.6. The Morgan fingerprint density at radius 2 is 1.41 bits per heavy atom. The number of benzene rings is 2. The Labute approximate surface area is 159 Å². The molecule has 0 radical (unpaired) electrons. The van der Waals surface area contributed by atoms with Crippen LogP contribution in [0.1, 0.15) is 31.4 Å². The van der Waals surface area contributed by atoms with Crippen molar-refractivity contribution in [3.05, 3.63) is 71.8 Å². The summed E-state index contributed by atoms with van der Waals surface area (Å²) in [5.41, 5.74) is 1.70. The van der Waals surface area contributed by atoms with Gasteiger partial charge >= 0.3 is 11.9 Å². The lowest BCUT2D eigenvalue weighted by Gasteiger charge is -2.24. The number of ether oxygens (including phenoxy) is 2. The summed E-state index contributed by atoms with van der Waals surface area (Å²) >= 11 is 0. The van der Waals surface area contributed by atoms with Crippen molar-refractivity contribution in [2.75, 3.05) is 0 Å². The molecular weight excluding hydrogens is 344 g/mol. The van der Waals surface area contributed by atoms with Crippen molar-refractivity contribution in [1.29, 1.82) is 0 Å². The summed E-state index contributed by atoms with van der Waals surface area (Å²) in [7, 11) is 0. The molecule has 0 bridgehead atoms. The highest BCUT2D eigenvalue weighted by Crippen LogP contribution is 2.22. The van der Waals surface area contributed by atoms with Gasteiger partial charge in [0, 0.05) is 0 Å². The van der Waals surface area contributed by atoms with E-state index in [0.717, 1.165) is 11.1 Å². The van der Waals surface area contributed by atoms with Gasteiger partial charge in [0.25, 0.3) is 0 Å². The van der Waals surface area contributed by atoms with Crippen LogP contribution in [0.5, 0.6) is 0 Å². The van der Waals surface area contributed by atoms with Crippen molar-refractivity contribution in [3.8, 4) is 0 Å². The van der Waals surface area contributed by atoms with E-state index in [4.69, 9.17) is 9.47 Å². The lowest BCUT2D eigenvalue weighted by Crippen LogP contribution is -2.39. The normalized spacial score (nSPS) is 13.1. The minimum absolute atomic E-state index is 0.0822. The van der Waals surface area contributed by atoms with Crippen LogP contribution in [0.4, 0.5) is 0 Å². The molecule has 0 heterocycles. The molecule has 144 valence electrons. The first-order valence-corrected chi connectivity index (χ1v) is 9.06. The first-order chi connectivity index (χ1) is 13.0. The number of rotatable bonds is 10. The van der Waals surface area contributed by atoms with Crippen molar-refractivity contribution in [2.45, 2.75) is 39.6 Å². The third-order valence-corrected chi connectivity index (χ3v) is 4.14. The molecule has 0 fully saturated rings. The Morgan fingerprint density at radius 1 is 0.889 bits per heavy atom. The average Bonchev–Trinajstić information content (AvgIpc) is 2.66. The summed E-state index contributed by atoms with van der Waals surface area (Å²) in [5, 5.41) is 9.64. The van der Waals surface area contributed by atoms with Crippen molar-refractivity contribution < 1.29 is 24.2 Å². The quantitative estimate of drug-likeness (QED) is 0.639. The predicted octanol–water partition coefficient (Wildman–Crippen LogP) is 4.06. The van der Waals surface area contributed by atoms with Gasteiger partial charge in [-0.05, 0) is 23.5 Å². The molecule has 2 aromatic carbocycles. The third-order valence-electron chi connectivity index (χ3n) is 4.14. The van der Waals surface area contributed by atoms with Gasteiger partial charge in [0.15, 0.2) is 6.10 Å². The molecule has 0 aromatic heterocycles. The van der Waals surface area contributed by atoms with Gasteiger partial charge < -0.3 is 14.6 Å². The lowest BCUT2D eigenvalue weighted by atomic mass is 9.92. The zero-order valence-electron chi connectivity index (χ0n) is 15.7. The molecule has 5 heteroatoms. The minimum atomic E-state index is -1.16. The van der Waals surface area contributed by atoms with Crippen LogP contribution in [-0.4, -0.2) is 23.1 Å². The molecule has 0 saturated carbocycles. The highest BCUT2D eigenvalue weighted by molar-refractivity contribution is 5.83. The molecule has 5 nitrogen and oxygen atoms in total.